The van der Waals surface area contributed by atoms with Gasteiger partial charge in [0.2, 0.25) is 0 Å². The van der Waals surface area contributed by atoms with Crippen LogP contribution in [0.3, 0.4) is 0 Å². The number of hydrogen-bond donors (Lipinski definition) is 1. The number of hydrogen-bond acceptors (Lipinski definition) is 3. The molecule has 1 N–H and O–H groups in total. The molecule has 2 heterocycles. The van der Waals surface area contributed by atoms with Crippen molar-refractivity contribution in [3.8, 4) is 0 Å². The van der Waals surface area contributed by atoms with Crippen LogP contribution in [0.4, 0.5) is 0 Å². The zero-order chi connectivity index (χ0) is 16.1. The smallest absolute Gasteiger partial charge is 0.251 e. The van der Waals surface area contributed by atoms with Crippen LogP contribution < -0.4 is 5.56 Å². The predicted molar refractivity (Wildman–Crippen MR) is 92.8 cm³/mol. The van der Waals surface area contributed by atoms with E-state index in [0.29, 0.717) is 11.7 Å². The Labute approximate surface area is 137 Å². The third-order valence-corrected chi connectivity index (χ3v) is 4.59. The highest BCUT2D eigenvalue weighted by Gasteiger charge is 2.22. The van der Waals surface area contributed by atoms with E-state index in [-0.39, 0.29) is 5.56 Å². The number of piperidine rings is 1. The van der Waals surface area contributed by atoms with Crippen LogP contribution in [0.1, 0.15) is 42.3 Å². The van der Waals surface area contributed by atoms with Gasteiger partial charge < -0.3 is 9.88 Å². The van der Waals surface area contributed by atoms with Crippen molar-refractivity contribution in [1.29, 1.82) is 0 Å². The molecule has 1 atom stereocenters. The van der Waals surface area contributed by atoms with Crippen molar-refractivity contribution in [3.05, 3.63) is 63.8 Å². The Kier molecular flexibility index (Phi) is 5.23. The van der Waals surface area contributed by atoms with E-state index in [1.165, 1.54) is 18.4 Å². The van der Waals surface area contributed by atoms with E-state index in [0.717, 1.165) is 38.2 Å². The van der Waals surface area contributed by atoms with Crippen LogP contribution in [-0.4, -0.2) is 34.5 Å². The van der Waals surface area contributed by atoms with Crippen LogP contribution in [0.2, 0.25) is 0 Å². The Morgan fingerprint density at radius 3 is 2.91 bits per heavy atom. The van der Waals surface area contributed by atoms with Gasteiger partial charge >= 0.3 is 0 Å². The van der Waals surface area contributed by atoms with Gasteiger partial charge in [-0.05, 0) is 51.3 Å². The SMILES string of the molecule is Cc1nc([C@@H]2CCCN(CCCc3ccccc3)C2)cc(=O)[nH]1. The van der Waals surface area contributed by atoms with Gasteiger partial charge in [-0.2, -0.15) is 0 Å². The molecule has 4 nitrogen and oxygen atoms in total. The lowest BCUT2D eigenvalue weighted by molar-refractivity contribution is 0.204. The van der Waals surface area contributed by atoms with Crippen molar-refractivity contribution in [2.45, 2.75) is 38.5 Å². The van der Waals surface area contributed by atoms with Gasteiger partial charge in [0, 0.05) is 18.5 Å². The number of aryl methyl sites for hydroxylation is 2. The van der Waals surface area contributed by atoms with Crippen molar-refractivity contribution in [3.63, 3.8) is 0 Å². The maximum atomic E-state index is 11.7. The van der Waals surface area contributed by atoms with Gasteiger partial charge in [-0.1, -0.05) is 30.3 Å². The molecule has 1 aliphatic rings. The zero-order valence-corrected chi connectivity index (χ0v) is 13.8. The molecule has 0 radical (unpaired) electrons. The summed E-state index contributed by atoms with van der Waals surface area (Å²) in [4.78, 5) is 21.4. The van der Waals surface area contributed by atoms with Gasteiger partial charge in [-0.15, -0.1) is 0 Å². The quantitative estimate of drug-likeness (QED) is 0.923. The van der Waals surface area contributed by atoms with Gasteiger partial charge in [0.1, 0.15) is 5.82 Å². The summed E-state index contributed by atoms with van der Waals surface area (Å²) in [6, 6.07) is 12.3. The van der Waals surface area contributed by atoms with E-state index in [2.05, 4.69) is 45.2 Å². The monoisotopic (exact) mass is 311 g/mol. The van der Waals surface area contributed by atoms with Crippen LogP contribution >= 0.6 is 0 Å². The topological polar surface area (TPSA) is 49.0 Å². The second kappa shape index (κ2) is 7.55. The molecule has 23 heavy (non-hydrogen) atoms. The normalized spacial score (nSPS) is 18.9. The Balaban J connectivity index is 1.54. The summed E-state index contributed by atoms with van der Waals surface area (Å²) in [5.74, 6) is 1.11. The van der Waals surface area contributed by atoms with Gasteiger partial charge in [0.05, 0.1) is 5.69 Å². The lowest BCUT2D eigenvalue weighted by Gasteiger charge is -2.32. The number of aromatic amines is 1. The fourth-order valence-corrected chi connectivity index (χ4v) is 3.46. The molecule has 122 valence electrons. The molecular formula is C19H25N3O. The van der Waals surface area contributed by atoms with Gasteiger partial charge in [-0.3, -0.25) is 4.79 Å². The second-order valence-electron chi connectivity index (χ2n) is 6.48. The molecule has 0 amide bonds. The van der Waals surface area contributed by atoms with E-state index in [1.54, 1.807) is 6.07 Å². The van der Waals surface area contributed by atoms with Gasteiger partial charge in [0.25, 0.3) is 5.56 Å². The minimum atomic E-state index is -0.0336. The minimum Gasteiger partial charge on any atom is -0.311 e. The highest BCUT2D eigenvalue weighted by atomic mass is 16.1. The van der Waals surface area contributed by atoms with E-state index in [1.807, 2.05) is 6.92 Å². The van der Waals surface area contributed by atoms with Crippen molar-refractivity contribution in [2.75, 3.05) is 19.6 Å². The van der Waals surface area contributed by atoms with E-state index in [4.69, 9.17) is 0 Å². The molecule has 0 unspecified atom stereocenters. The number of rotatable bonds is 5. The van der Waals surface area contributed by atoms with Gasteiger partial charge in [-0.25, -0.2) is 4.98 Å². The van der Waals surface area contributed by atoms with Crippen LogP contribution in [0.25, 0.3) is 0 Å². The van der Waals surface area contributed by atoms with Crippen molar-refractivity contribution in [2.24, 2.45) is 0 Å². The minimum absolute atomic E-state index is 0.0336. The van der Waals surface area contributed by atoms with Crippen LogP contribution in [0, 0.1) is 6.92 Å². The largest absolute Gasteiger partial charge is 0.311 e. The van der Waals surface area contributed by atoms with Crippen molar-refractivity contribution >= 4 is 0 Å². The Morgan fingerprint density at radius 1 is 1.30 bits per heavy atom. The molecule has 2 aromatic rings. The van der Waals surface area contributed by atoms with Crippen LogP contribution in [-0.2, 0) is 6.42 Å². The molecule has 1 fully saturated rings. The molecule has 0 aliphatic carbocycles. The molecule has 1 aliphatic heterocycles. The summed E-state index contributed by atoms with van der Waals surface area (Å²) in [5, 5.41) is 0. The summed E-state index contributed by atoms with van der Waals surface area (Å²) in [5.41, 5.74) is 2.33. The number of benzene rings is 1. The zero-order valence-electron chi connectivity index (χ0n) is 13.8. The van der Waals surface area contributed by atoms with Crippen molar-refractivity contribution in [1.82, 2.24) is 14.9 Å². The van der Waals surface area contributed by atoms with Crippen LogP contribution in [0.15, 0.2) is 41.2 Å². The first-order valence-corrected chi connectivity index (χ1v) is 8.55. The highest BCUT2D eigenvalue weighted by molar-refractivity contribution is 5.14. The van der Waals surface area contributed by atoms with E-state index in [9.17, 15) is 4.79 Å². The Bertz CT molecular complexity index is 681. The summed E-state index contributed by atoms with van der Waals surface area (Å²) < 4.78 is 0. The molecular weight excluding hydrogens is 286 g/mol. The fourth-order valence-electron chi connectivity index (χ4n) is 3.46. The highest BCUT2D eigenvalue weighted by Crippen LogP contribution is 2.25. The Hall–Kier alpha value is -1.94. The summed E-state index contributed by atoms with van der Waals surface area (Å²) in [6.45, 7) is 5.15. The summed E-state index contributed by atoms with van der Waals surface area (Å²) >= 11 is 0. The lowest BCUT2D eigenvalue weighted by atomic mass is 9.94. The summed E-state index contributed by atoms with van der Waals surface area (Å²) in [6.07, 6.45) is 4.62. The first-order valence-electron chi connectivity index (χ1n) is 8.55. The molecule has 4 heteroatoms. The number of H-pyrrole nitrogens is 1. The molecule has 0 saturated carbocycles. The molecule has 0 bridgehead atoms. The molecule has 1 aromatic carbocycles. The third-order valence-electron chi connectivity index (χ3n) is 4.59. The number of nitrogens with zero attached hydrogens (tertiary/aromatic N) is 2. The molecule has 1 saturated heterocycles. The molecule has 0 spiro atoms. The van der Waals surface area contributed by atoms with Crippen molar-refractivity contribution < 1.29 is 0 Å². The molecule has 3 rings (SSSR count). The van der Waals surface area contributed by atoms with E-state index >= 15 is 0 Å². The fraction of sp³-hybridized carbons (Fsp3) is 0.474. The van der Waals surface area contributed by atoms with E-state index < -0.39 is 0 Å². The predicted octanol–water partition coefficient (Wildman–Crippen LogP) is 2.89. The maximum absolute atomic E-state index is 11.7. The number of likely N-dealkylation sites (tertiary alicyclic amines) is 1. The number of aromatic nitrogens is 2. The number of nitrogens with one attached hydrogen (secondary N) is 1. The standard InChI is InChI=1S/C19H25N3O/c1-15-20-18(13-19(23)21-15)17-10-6-12-22(14-17)11-5-9-16-7-3-2-4-8-16/h2-4,7-8,13,17H,5-6,9-12,14H2,1H3,(H,20,21,23)/t17-/m1/s1. The third kappa shape index (κ3) is 4.52. The maximum Gasteiger partial charge on any atom is 0.251 e. The summed E-state index contributed by atoms with van der Waals surface area (Å²) in [7, 11) is 0. The molecule has 1 aromatic heterocycles. The lowest BCUT2D eigenvalue weighted by Crippen LogP contribution is -2.36. The van der Waals surface area contributed by atoms with Crippen LogP contribution in [0.5, 0.6) is 0 Å². The van der Waals surface area contributed by atoms with Gasteiger partial charge in [0.15, 0.2) is 0 Å². The first kappa shape index (κ1) is 15.9. The first-order chi connectivity index (χ1) is 11.2. The average Bonchev–Trinajstić information content (AvgIpc) is 2.55. The average molecular weight is 311 g/mol. The second-order valence-corrected chi connectivity index (χ2v) is 6.48. The Morgan fingerprint density at radius 2 is 2.13 bits per heavy atom.